The number of morpholine rings is 1. The van der Waals surface area contributed by atoms with E-state index in [0.29, 0.717) is 37.1 Å². The van der Waals surface area contributed by atoms with Gasteiger partial charge in [0.05, 0.1) is 18.1 Å². The summed E-state index contributed by atoms with van der Waals surface area (Å²) in [5, 5.41) is 0. The Labute approximate surface area is 145 Å². The van der Waals surface area contributed by atoms with Crippen molar-refractivity contribution in [3.8, 4) is 0 Å². The maximum absolute atomic E-state index is 12.8. The monoisotopic (exact) mass is 352 g/mol. The lowest BCUT2D eigenvalue weighted by atomic mass is 9.95. The van der Waals surface area contributed by atoms with Crippen LogP contribution in [0.4, 0.5) is 0 Å². The van der Waals surface area contributed by atoms with Crippen molar-refractivity contribution in [1.29, 1.82) is 0 Å². The first-order valence-corrected chi connectivity index (χ1v) is 10.3. The highest BCUT2D eigenvalue weighted by Crippen LogP contribution is 2.26. The van der Waals surface area contributed by atoms with E-state index < -0.39 is 10.0 Å². The van der Waals surface area contributed by atoms with E-state index in [1.165, 1.54) is 10.7 Å². The van der Waals surface area contributed by atoms with Crippen LogP contribution in [0.3, 0.4) is 0 Å². The predicted molar refractivity (Wildman–Crippen MR) is 94.2 cm³/mol. The smallest absolute Gasteiger partial charge is 0.243 e. The molecule has 2 fully saturated rings. The average molecular weight is 353 g/mol. The first kappa shape index (κ1) is 17.9. The van der Waals surface area contributed by atoms with E-state index in [2.05, 4.69) is 18.7 Å². The topological polar surface area (TPSA) is 49.9 Å². The summed E-state index contributed by atoms with van der Waals surface area (Å²) in [4.78, 5) is 2.84. The van der Waals surface area contributed by atoms with Gasteiger partial charge in [0.25, 0.3) is 0 Å². The molecule has 0 radical (unpaired) electrons. The molecule has 24 heavy (non-hydrogen) atoms. The largest absolute Gasteiger partial charge is 0.379 e. The van der Waals surface area contributed by atoms with Crippen molar-refractivity contribution in [2.24, 2.45) is 11.8 Å². The van der Waals surface area contributed by atoms with Gasteiger partial charge < -0.3 is 4.74 Å². The van der Waals surface area contributed by atoms with Gasteiger partial charge in [-0.1, -0.05) is 26.0 Å². The molecule has 2 aliphatic heterocycles. The molecule has 2 saturated heterocycles. The Morgan fingerprint density at radius 1 is 1.21 bits per heavy atom. The Balaban J connectivity index is 1.70. The second-order valence-electron chi connectivity index (χ2n) is 7.19. The standard InChI is InChI=1S/C18H28N2O3S/c1-15(2)17-6-7-19(14-17)13-16-4-3-5-18(12-16)24(21,22)20-8-10-23-11-9-20/h3-5,12,15,17H,6-11,13-14H2,1-2H3. The zero-order valence-electron chi connectivity index (χ0n) is 14.6. The lowest BCUT2D eigenvalue weighted by Crippen LogP contribution is -2.40. The van der Waals surface area contributed by atoms with Crippen LogP contribution in [-0.2, 0) is 21.3 Å². The van der Waals surface area contributed by atoms with Gasteiger partial charge in [-0.05, 0) is 42.5 Å². The molecule has 1 atom stereocenters. The summed E-state index contributed by atoms with van der Waals surface area (Å²) in [5.74, 6) is 1.47. The molecule has 6 heteroatoms. The zero-order valence-corrected chi connectivity index (χ0v) is 15.5. The van der Waals surface area contributed by atoms with Crippen LogP contribution in [0.5, 0.6) is 0 Å². The van der Waals surface area contributed by atoms with Gasteiger partial charge in [0.15, 0.2) is 0 Å². The van der Waals surface area contributed by atoms with Gasteiger partial charge in [-0.15, -0.1) is 0 Å². The number of hydrogen-bond acceptors (Lipinski definition) is 4. The van der Waals surface area contributed by atoms with E-state index in [4.69, 9.17) is 4.74 Å². The number of likely N-dealkylation sites (tertiary alicyclic amines) is 1. The van der Waals surface area contributed by atoms with Crippen LogP contribution in [0.2, 0.25) is 0 Å². The quantitative estimate of drug-likeness (QED) is 0.815. The minimum atomic E-state index is -3.41. The van der Waals surface area contributed by atoms with Gasteiger partial charge in [0, 0.05) is 26.2 Å². The molecule has 0 N–H and O–H groups in total. The number of benzene rings is 1. The third kappa shape index (κ3) is 3.99. The second-order valence-corrected chi connectivity index (χ2v) is 9.13. The predicted octanol–water partition coefficient (Wildman–Crippen LogP) is 2.19. The number of hydrogen-bond donors (Lipinski definition) is 0. The van der Waals surface area contributed by atoms with Gasteiger partial charge in [0.2, 0.25) is 10.0 Å². The van der Waals surface area contributed by atoms with Crippen molar-refractivity contribution in [2.75, 3.05) is 39.4 Å². The van der Waals surface area contributed by atoms with Gasteiger partial charge in [-0.2, -0.15) is 4.31 Å². The van der Waals surface area contributed by atoms with Crippen molar-refractivity contribution in [1.82, 2.24) is 9.21 Å². The fraction of sp³-hybridized carbons (Fsp3) is 0.667. The summed E-state index contributed by atoms with van der Waals surface area (Å²) < 4.78 is 32.3. The van der Waals surface area contributed by atoms with E-state index in [-0.39, 0.29) is 0 Å². The summed E-state index contributed by atoms with van der Waals surface area (Å²) in [6, 6.07) is 7.43. The van der Waals surface area contributed by atoms with E-state index in [1.54, 1.807) is 6.07 Å². The molecule has 2 aliphatic rings. The third-order valence-corrected chi connectivity index (χ3v) is 7.06. The van der Waals surface area contributed by atoms with Crippen molar-refractivity contribution in [2.45, 2.75) is 31.7 Å². The summed E-state index contributed by atoms with van der Waals surface area (Å²) in [6.45, 7) is 9.43. The third-order valence-electron chi connectivity index (χ3n) is 5.16. The molecule has 0 saturated carbocycles. The average Bonchev–Trinajstić information content (AvgIpc) is 3.05. The Bertz CT molecular complexity index is 654. The molecule has 1 unspecified atom stereocenters. The molecule has 5 nitrogen and oxygen atoms in total. The molecule has 3 rings (SSSR count). The van der Waals surface area contributed by atoms with Crippen molar-refractivity contribution >= 4 is 10.0 Å². The molecule has 2 heterocycles. The van der Waals surface area contributed by atoms with Crippen LogP contribution in [0.1, 0.15) is 25.8 Å². The number of rotatable bonds is 5. The normalized spacial score (nSPS) is 23.9. The van der Waals surface area contributed by atoms with Gasteiger partial charge in [0.1, 0.15) is 0 Å². The molecule has 0 amide bonds. The Kier molecular flexibility index (Phi) is 5.59. The van der Waals surface area contributed by atoms with Crippen LogP contribution in [0.25, 0.3) is 0 Å². The lowest BCUT2D eigenvalue weighted by Gasteiger charge is -2.26. The van der Waals surface area contributed by atoms with Crippen LogP contribution < -0.4 is 0 Å². The van der Waals surface area contributed by atoms with E-state index >= 15 is 0 Å². The fourth-order valence-corrected chi connectivity index (χ4v) is 5.03. The van der Waals surface area contributed by atoms with E-state index in [1.807, 2.05) is 18.2 Å². The molecule has 134 valence electrons. The minimum absolute atomic E-state index is 0.404. The fourth-order valence-electron chi connectivity index (χ4n) is 3.55. The Morgan fingerprint density at radius 3 is 2.62 bits per heavy atom. The highest BCUT2D eigenvalue weighted by Gasteiger charge is 2.27. The Morgan fingerprint density at radius 2 is 1.96 bits per heavy atom. The van der Waals surface area contributed by atoms with Crippen LogP contribution in [0, 0.1) is 11.8 Å². The minimum Gasteiger partial charge on any atom is -0.379 e. The van der Waals surface area contributed by atoms with Crippen LogP contribution in [0.15, 0.2) is 29.2 Å². The highest BCUT2D eigenvalue weighted by molar-refractivity contribution is 7.89. The summed E-state index contributed by atoms with van der Waals surface area (Å²) in [5.41, 5.74) is 1.08. The zero-order chi connectivity index (χ0) is 17.2. The number of ether oxygens (including phenoxy) is 1. The lowest BCUT2D eigenvalue weighted by molar-refractivity contribution is 0.0730. The first-order chi connectivity index (χ1) is 11.5. The molecule has 0 bridgehead atoms. The van der Waals surface area contributed by atoms with Crippen LogP contribution in [-0.4, -0.2) is 57.0 Å². The molecular formula is C18H28N2O3S. The van der Waals surface area contributed by atoms with Crippen LogP contribution >= 0.6 is 0 Å². The van der Waals surface area contributed by atoms with E-state index in [0.717, 1.165) is 31.1 Å². The van der Waals surface area contributed by atoms with E-state index in [9.17, 15) is 8.42 Å². The molecule has 0 aliphatic carbocycles. The molecule has 1 aromatic carbocycles. The molecule has 0 aromatic heterocycles. The molecule has 0 spiro atoms. The van der Waals surface area contributed by atoms with Crippen molar-refractivity contribution in [3.05, 3.63) is 29.8 Å². The second kappa shape index (κ2) is 7.52. The Hall–Kier alpha value is -0.950. The molecular weight excluding hydrogens is 324 g/mol. The maximum atomic E-state index is 12.8. The maximum Gasteiger partial charge on any atom is 0.243 e. The summed E-state index contributed by atoms with van der Waals surface area (Å²) >= 11 is 0. The SMILES string of the molecule is CC(C)C1CCN(Cc2cccc(S(=O)(=O)N3CCOCC3)c2)C1. The number of nitrogens with zero attached hydrogens (tertiary/aromatic N) is 2. The number of sulfonamides is 1. The van der Waals surface area contributed by atoms with Gasteiger partial charge >= 0.3 is 0 Å². The first-order valence-electron chi connectivity index (χ1n) is 8.86. The van der Waals surface area contributed by atoms with Gasteiger partial charge in [-0.3, -0.25) is 4.90 Å². The highest BCUT2D eigenvalue weighted by atomic mass is 32.2. The summed E-state index contributed by atoms with van der Waals surface area (Å²) in [6.07, 6.45) is 1.24. The molecule has 1 aromatic rings. The summed E-state index contributed by atoms with van der Waals surface area (Å²) in [7, 11) is -3.41. The van der Waals surface area contributed by atoms with Crippen molar-refractivity contribution < 1.29 is 13.2 Å². The van der Waals surface area contributed by atoms with Gasteiger partial charge in [-0.25, -0.2) is 8.42 Å². The van der Waals surface area contributed by atoms with Crippen molar-refractivity contribution in [3.63, 3.8) is 0 Å².